The Morgan fingerprint density at radius 2 is 1.70 bits per heavy atom. The molecule has 43 heavy (non-hydrogen) atoms. The largest absolute Gasteiger partial charge is 0.394 e. The summed E-state index contributed by atoms with van der Waals surface area (Å²) in [7, 11) is 0. The molecule has 4 saturated carbocycles. The number of aliphatic hydroxyl groups is 7. The van der Waals surface area contributed by atoms with Crippen LogP contribution in [-0.2, 0) is 14.3 Å². The van der Waals surface area contributed by atoms with Gasteiger partial charge in [-0.1, -0.05) is 27.7 Å². The topological polar surface area (TPSA) is 177 Å². The van der Waals surface area contributed by atoms with E-state index in [1.165, 1.54) is 0 Å². The first-order valence-electron chi connectivity index (χ1n) is 16.6. The molecule has 1 heterocycles. The van der Waals surface area contributed by atoms with E-state index in [0.29, 0.717) is 50.9 Å². The minimum atomic E-state index is -1.52. The summed E-state index contributed by atoms with van der Waals surface area (Å²) < 4.78 is 11.7. The summed E-state index contributed by atoms with van der Waals surface area (Å²) in [6.07, 6.45) is -2.10. The van der Waals surface area contributed by atoms with Gasteiger partial charge >= 0.3 is 0 Å². The third kappa shape index (κ3) is 5.34. The number of Topliss-reactive ketones (excluding diaryl/α,β-unsaturated/α-hetero) is 1. The van der Waals surface area contributed by atoms with Crippen molar-refractivity contribution < 1.29 is 50.0 Å². The number of rotatable bonds is 8. The first-order chi connectivity index (χ1) is 20.0. The molecule has 248 valence electrons. The number of hydrogen-bond donors (Lipinski definition) is 7. The summed E-state index contributed by atoms with van der Waals surface area (Å²) in [6, 6.07) is 0. The van der Waals surface area contributed by atoms with Crippen molar-refractivity contribution >= 4 is 5.78 Å². The fraction of sp³-hybridized carbons (Fsp3) is 0.970. The normalized spacial score (nSPS) is 50.5. The highest BCUT2D eigenvalue weighted by atomic mass is 16.7. The van der Waals surface area contributed by atoms with Crippen LogP contribution in [0.4, 0.5) is 0 Å². The average Bonchev–Trinajstić information content (AvgIpc) is 3.24. The smallest absolute Gasteiger partial charge is 0.186 e. The predicted octanol–water partition coefficient (Wildman–Crippen LogP) is 1.67. The van der Waals surface area contributed by atoms with Crippen LogP contribution < -0.4 is 0 Å². The fourth-order valence-electron chi connectivity index (χ4n) is 10.4. The maximum atomic E-state index is 13.9. The van der Waals surface area contributed by atoms with Gasteiger partial charge in [-0.3, -0.25) is 4.79 Å². The lowest BCUT2D eigenvalue weighted by molar-refractivity contribution is -0.316. The highest BCUT2D eigenvalue weighted by Crippen LogP contribution is 2.70. The molecule has 0 aromatic heterocycles. The van der Waals surface area contributed by atoms with Gasteiger partial charge in [0.2, 0.25) is 0 Å². The quantitative estimate of drug-likeness (QED) is 0.200. The monoisotopic (exact) mass is 612 g/mol. The van der Waals surface area contributed by atoms with Gasteiger partial charge in [-0.2, -0.15) is 0 Å². The van der Waals surface area contributed by atoms with E-state index in [-0.39, 0.29) is 41.3 Å². The van der Waals surface area contributed by atoms with Crippen molar-refractivity contribution in [1.29, 1.82) is 0 Å². The van der Waals surface area contributed by atoms with Gasteiger partial charge < -0.3 is 45.2 Å². The van der Waals surface area contributed by atoms with Crippen LogP contribution in [0.3, 0.4) is 0 Å². The van der Waals surface area contributed by atoms with Crippen molar-refractivity contribution in [3.8, 4) is 0 Å². The summed E-state index contributed by atoms with van der Waals surface area (Å²) in [6.45, 7) is 9.62. The molecule has 0 unspecified atom stereocenters. The molecule has 4 aliphatic carbocycles. The number of ether oxygens (including phenoxy) is 2. The van der Waals surface area contributed by atoms with Crippen molar-refractivity contribution in [2.75, 3.05) is 6.61 Å². The van der Waals surface area contributed by atoms with E-state index in [9.17, 15) is 40.5 Å². The second-order valence-corrected chi connectivity index (χ2v) is 15.9. The molecule has 0 spiro atoms. The van der Waals surface area contributed by atoms with Crippen LogP contribution in [0.2, 0.25) is 0 Å². The molecule has 0 bridgehead atoms. The molecule has 5 aliphatic rings. The molecule has 5 rings (SSSR count). The van der Waals surface area contributed by atoms with Gasteiger partial charge in [0.15, 0.2) is 6.29 Å². The van der Waals surface area contributed by atoms with Gasteiger partial charge in [-0.25, -0.2) is 0 Å². The zero-order valence-electron chi connectivity index (χ0n) is 26.6. The zero-order valence-corrected chi connectivity index (χ0v) is 26.6. The molecular weight excluding hydrogens is 556 g/mol. The molecule has 7 N–H and O–H groups in total. The Labute approximate surface area is 255 Å². The lowest BCUT2D eigenvalue weighted by Crippen LogP contribution is -2.66. The van der Waals surface area contributed by atoms with Crippen LogP contribution in [-0.4, -0.2) is 102 Å². The summed E-state index contributed by atoms with van der Waals surface area (Å²) in [4.78, 5) is 13.9. The number of ketones is 1. The Bertz CT molecular complexity index is 1020. The van der Waals surface area contributed by atoms with Crippen LogP contribution in [0.25, 0.3) is 0 Å². The third-order valence-corrected chi connectivity index (χ3v) is 13.2. The Kier molecular flexibility index (Phi) is 9.27. The van der Waals surface area contributed by atoms with Crippen LogP contribution >= 0.6 is 0 Å². The highest BCUT2D eigenvalue weighted by Gasteiger charge is 2.71. The Hall–Kier alpha value is -0.690. The van der Waals surface area contributed by atoms with Crippen LogP contribution in [0.5, 0.6) is 0 Å². The number of carbonyl (C=O) groups excluding carboxylic acids is 1. The third-order valence-electron chi connectivity index (χ3n) is 13.2. The van der Waals surface area contributed by atoms with Gasteiger partial charge in [0.25, 0.3) is 0 Å². The number of aliphatic hydroxyl groups excluding tert-OH is 5. The molecule has 0 radical (unpaired) electrons. The zero-order chi connectivity index (χ0) is 31.7. The van der Waals surface area contributed by atoms with Crippen molar-refractivity contribution in [3.63, 3.8) is 0 Å². The highest BCUT2D eigenvalue weighted by molar-refractivity contribution is 5.83. The first kappa shape index (κ1) is 33.7. The molecule has 10 heteroatoms. The van der Waals surface area contributed by atoms with Gasteiger partial charge in [-0.15, -0.1) is 0 Å². The van der Waals surface area contributed by atoms with Gasteiger partial charge in [-0.05, 0) is 93.8 Å². The summed E-state index contributed by atoms with van der Waals surface area (Å²) in [5.74, 6) is -0.167. The summed E-state index contributed by atoms with van der Waals surface area (Å²) in [5.41, 5.74) is -3.42. The molecule has 5 fully saturated rings. The Balaban J connectivity index is 1.31. The summed E-state index contributed by atoms with van der Waals surface area (Å²) in [5, 5.41) is 75.7. The minimum absolute atomic E-state index is 0.0932. The molecule has 15 atom stereocenters. The maximum Gasteiger partial charge on any atom is 0.186 e. The fourth-order valence-corrected chi connectivity index (χ4v) is 10.4. The number of carbonyl (C=O) groups is 1. The van der Waals surface area contributed by atoms with E-state index in [1.54, 1.807) is 6.92 Å². The number of fused-ring (bicyclic) bond motifs is 5. The van der Waals surface area contributed by atoms with E-state index < -0.39 is 66.1 Å². The minimum Gasteiger partial charge on any atom is -0.394 e. The van der Waals surface area contributed by atoms with Gasteiger partial charge in [0.1, 0.15) is 30.2 Å². The number of hydrogen-bond acceptors (Lipinski definition) is 10. The molecular formula is C33H56O10. The molecule has 0 aromatic rings. The van der Waals surface area contributed by atoms with E-state index in [2.05, 4.69) is 27.7 Å². The van der Waals surface area contributed by atoms with Crippen LogP contribution in [0, 0.1) is 40.4 Å². The Morgan fingerprint density at radius 3 is 2.35 bits per heavy atom. The van der Waals surface area contributed by atoms with Crippen LogP contribution in [0.1, 0.15) is 98.8 Å². The summed E-state index contributed by atoms with van der Waals surface area (Å²) >= 11 is 0. The molecule has 1 saturated heterocycles. The predicted molar refractivity (Wildman–Crippen MR) is 156 cm³/mol. The van der Waals surface area contributed by atoms with E-state index in [1.807, 2.05) is 0 Å². The van der Waals surface area contributed by atoms with Gasteiger partial charge in [0.05, 0.1) is 30.0 Å². The van der Waals surface area contributed by atoms with E-state index >= 15 is 0 Å². The van der Waals surface area contributed by atoms with E-state index in [4.69, 9.17) is 9.47 Å². The lowest BCUT2D eigenvalue weighted by Gasteiger charge is -2.63. The SMILES string of the molecule is CC(C)CC[C@@H](O)[C@](C)(O)[C@H]1CC[C@@]2(O)[C@@H]3CC(=O)[C@H]4C[C@@H](O[C@H]5O[C@@H](CO)[C@H](O)[C@@H](O)[C@@H]5O)CC[C@]4(C)[C@H]3CC[C@]12C. The molecule has 10 nitrogen and oxygen atoms in total. The molecule has 1 aliphatic heterocycles. The van der Waals surface area contributed by atoms with Crippen molar-refractivity contribution in [2.45, 2.75) is 153 Å². The second-order valence-electron chi connectivity index (χ2n) is 15.9. The second kappa shape index (κ2) is 11.8. The van der Waals surface area contributed by atoms with Crippen molar-refractivity contribution in [1.82, 2.24) is 0 Å². The average molecular weight is 613 g/mol. The lowest BCUT2D eigenvalue weighted by atomic mass is 9.42. The van der Waals surface area contributed by atoms with Gasteiger partial charge in [0, 0.05) is 17.8 Å². The van der Waals surface area contributed by atoms with E-state index in [0.717, 1.165) is 12.8 Å². The molecule has 0 amide bonds. The molecule has 0 aromatic carbocycles. The first-order valence-corrected chi connectivity index (χ1v) is 16.6. The Morgan fingerprint density at radius 1 is 1.00 bits per heavy atom. The van der Waals surface area contributed by atoms with Crippen LogP contribution in [0.15, 0.2) is 0 Å². The van der Waals surface area contributed by atoms with Crippen molar-refractivity contribution in [2.24, 2.45) is 40.4 Å². The maximum absolute atomic E-state index is 13.9. The van der Waals surface area contributed by atoms with Crippen molar-refractivity contribution in [3.05, 3.63) is 0 Å². The standard InChI is InChI=1S/C33H56O10/c1-17(2)6-7-25(36)32(5,40)24-10-13-33(41)20-15-22(35)21-14-18(8-11-30(21,3)19(20)9-12-31(24,33)4)42-29-28(39)27(38)26(37)23(16-34)43-29/h17-21,23-29,34,36-41H,6-16H2,1-5H3/t18-,19-,20+,21+,23-,24-,25+,26-,27+,28-,29-,30+,31+,32+,33+/m0/s1.